The van der Waals surface area contributed by atoms with Gasteiger partial charge in [0.2, 0.25) is 17.7 Å². The summed E-state index contributed by atoms with van der Waals surface area (Å²) >= 11 is 0. The van der Waals surface area contributed by atoms with Crippen LogP contribution in [0.2, 0.25) is 0 Å². The van der Waals surface area contributed by atoms with Crippen molar-refractivity contribution in [1.29, 1.82) is 0 Å². The number of β-amino-alcohol motifs (C(OH)–C–C–N with tert-alkyl or cyclic N) is 1. The van der Waals surface area contributed by atoms with Crippen LogP contribution in [0.4, 0.5) is 0 Å². The summed E-state index contributed by atoms with van der Waals surface area (Å²) < 4.78 is 0. The summed E-state index contributed by atoms with van der Waals surface area (Å²) in [4.78, 5) is 118. The van der Waals surface area contributed by atoms with E-state index in [-0.39, 0.29) is 122 Å². The molecule has 0 radical (unpaired) electrons. The summed E-state index contributed by atoms with van der Waals surface area (Å²) in [6.45, 7) is 2.92. The number of aliphatic hydroxyl groups excluding tert-OH is 1. The number of aliphatic hydroxyl groups is 1. The van der Waals surface area contributed by atoms with E-state index in [2.05, 4.69) is 20.9 Å². The Morgan fingerprint density at radius 2 is 1.21 bits per heavy atom. The number of likely N-dealkylation sites (N-methyl/N-ethyl adjacent to an activating group) is 1. The van der Waals surface area contributed by atoms with E-state index in [9.17, 15) is 68.8 Å². The monoisotopic (exact) mass is 1070 g/mol. The van der Waals surface area contributed by atoms with Crippen molar-refractivity contribution >= 4 is 71.3 Å². The topological polar surface area (TPSA) is 355 Å². The van der Waals surface area contributed by atoms with E-state index in [0.717, 1.165) is 4.90 Å². The molecular formula is C49H77BN12O14. The molecule has 420 valence electrons. The molecule has 2 fully saturated rings. The number of carbonyl (C=O) groups is 8. The van der Waals surface area contributed by atoms with Gasteiger partial charge in [-0.1, -0.05) is 24.3 Å². The molecule has 0 saturated carbocycles. The SMILES string of the molecule is C[C@@H](NC(=O)c1ccc(C(=O)NCCCCCN(C)C(=O)[C@H](CCCN=C(N)N(C)C)NC(=O)CN2CCN(CC(=O)O)CCN(CC(=O)O)CCN(CC(=O)O)CC2)c2ccccc12)C(=O)N1C[C@@H](O)C[C@H]1B(O)O. The van der Waals surface area contributed by atoms with Gasteiger partial charge in [0.15, 0.2) is 5.96 Å². The molecule has 2 heterocycles. The Hall–Kier alpha value is -6.49. The number of fused-ring (bicyclic) bond motifs is 1. The van der Waals surface area contributed by atoms with E-state index in [1.54, 1.807) is 69.9 Å². The highest BCUT2D eigenvalue weighted by atomic mass is 16.4. The highest BCUT2D eigenvalue weighted by Gasteiger charge is 2.42. The number of likely N-dealkylation sites (tertiary alicyclic amines) is 1. The van der Waals surface area contributed by atoms with Crippen molar-refractivity contribution in [3.8, 4) is 0 Å². The van der Waals surface area contributed by atoms with Crippen molar-refractivity contribution in [2.75, 3.05) is 126 Å². The molecule has 0 bridgehead atoms. The van der Waals surface area contributed by atoms with E-state index >= 15 is 0 Å². The number of aliphatic carboxylic acids is 3. The molecule has 27 heteroatoms. The molecule has 11 N–H and O–H groups in total. The molecule has 0 aliphatic carbocycles. The third-order valence-corrected chi connectivity index (χ3v) is 13.3. The fourth-order valence-electron chi connectivity index (χ4n) is 9.10. The van der Waals surface area contributed by atoms with Crippen LogP contribution in [-0.4, -0.2) is 275 Å². The lowest BCUT2D eigenvalue weighted by molar-refractivity contribution is -0.140. The van der Waals surface area contributed by atoms with Crippen LogP contribution in [0, 0.1) is 0 Å². The first kappa shape index (κ1) is 62.1. The van der Waals surface area contributed by atoms with E-state index in [4.69, 9.17) is 5.73 Å². The molecule has 2 saturated heterocycles. The van der Waals surface area contributed by atoms with Crippen molar-refractivity contribution in [2.45, 2.75) is 69.6 Å². The zero-order valence-corrected chi connectivity index (χ0v) is 44.0. The number of nitrogens with one attached hydrogen (secondary N) is 3. The predicted octanol–water partition coefficient (Wildman–Crippen LogP) is -3.09. The number of aliphatic imine (C=N–C) groups is 1. The lowest BCUT2D eigenvalue weighted by atomic mass is 9.77. The van der Waals surface area contributed by atoms with Gasteiger partial charge in [0, 0.05) is 111 Å². The first-order valence-electron chi connectivity index (χ1n) is 25.6. The van der Waals surface area contributed by atoms with Crippen molar-refractivity contribution in [2.24, 2.45) is 10.7 Å². The van der Waals surface area contributed by atoms with Crippen molar-refractivity contribution < 1.29 is 68.8 Å². The molecule has 0 aromatic heterocycles. The third-order valence-electron chi connectivity index (χ3n) is 13.3. The number of nitrogens with two attached hydrogens (primary N) is 1. The van der Waals surface area contributed by atoms with Gasteiger partial charge in [-0.2, -0.15) is 0 Å². The number of guanidine groups is 1. The maximum atomic E-state index is 14.0. The summed E-state index contributed by atoms with van der Waals surface area (Å²) in [6.07, 6.45) is 1.45. The first-order valence-corrected chi connectivity index (χ1v) is 25.6. The second kappa shape index (κ2) is 30.9. The fourth-order valence-corrected chi connectivity index (χ4v) is 9.10. The van der Waals surface area contributed by atoms with Gasteiger partial charge in [0.05, 0.1) is 38.2 Å². The van der Waals surface area contributed by atoms with E-state index in [0.29, 0.717) is 61.1 Å². The number of unbranched alkanes of at least 4 members (excludes halogenated alkanes) is 2. The summed E-state index contributed by atoms with van der Waals surface area (Å²) in [5, 5.41) is 67.6. The van der Waals surface area contributed by atoms with E-state index in [1.165, 1.54) is 24.0 Å². The normalized spacial score (nSPS) is 18.4. The highest BCUT2D eigenvalue weighted by Crippen LogP contribution is 2.24. The number of benzene rings is 2. The van der Waals surface area contributed by atoms with Crippen molar-refractivity contribution in [1.82, 2.24) is 50.2 Å². The average molecular weight is 1070 g/mol. The summed E-state index contributed by atoms with van der Waals surface area (Å²) in [5.74, 6) is -6.29. The molecule has 4 rings (SSSR count). The lowest BCUT2D eigenvalue weighted by Gasteiger charge is -2.33. The molecule has 2 aliphatic heterocycles. The zero-order valence-electron chi connectivity index (χ0n) is 44.0. The number of hydrogen-bond acceptors (Lipinski definition) is 16. The van der Waals surface area contributed by atoms with Crippen LogP contribution in [0.25, 0.3) is 10.8 Å². The van der Waals surface area contributed by atoms with E-state index < -0.39 is 66.9 Å². The Balaban J connectivity index is 1.35. The quantitative estimate of drug-likeness (QED) is 0.0204. The van der Waals surface area contributed by atoms with Crippen LogP contribution in [-0.2, 0) is 28.8 Å². The Labute approximate surface area is 442 Å². The van der Waals surface area contributed by atoms with Gasteiger partial charge in [-0.15, -0.1) is 0 Å². The molecule has 76 heavy (non-hydrogen) atoms. The fraction of sp³-hybridized carbons (Fsp3) is 0.612. The van der Waals surface area contributed by atoms with Gasteiger partial charge in [0.1, 0.15) is 12.1 Å². The Morgan fingerprint density at radius 1 is 0.711 bits per heavy atom. The minimum absolute atomic E-state index is 0.0139. The van der Waals surface area contributed by atoms with Gasteiger partial charge in [-0.25, -0.2) is 0 Å². The highest BCUT2D eigenvalue weighted by molar-refractivity contribution is 6.43. The van der Waals surface area contributed by atoms with Gasteiger partial charge in [0.25, 0.3) is 11.8 Å². The third kappa shape index (κ3) is 20.2. The molecule has 0 spiro atoms. The minimum Gasteiger partial charge on any atom is -0.480 e. The minimum atomic E-state index is -1.86. The Bertz CT molecular complexity index is 2310. The number of amides is 5. The Kier molecular flexibility index (Phi) is 25.2. The maximum absolute atomic E-state index is 14.0. The number of hydrogen-bond donors (Lipinski definition) is 10. The second-order valence-corrected chi connectivity index (χ2v) is 19.5. The average Bonchev–Trinajstić information content (AvgIpc) is 3.76. The summed E-state index contributed by atoms with van der Waals surface area (Å²) in [6, 6.07) is 7.86. The second-order valence-electron chi connectivity index (χ2n) is 19.5. The van der Waals surface area contributed by atoms with Crippen LogP contribution in [0.5, 0.6) is 0 Å². The van der Waals surface area contributed by atoms with Gasteiger partial charge in [-0.05, 0) is 68.4 Å². The number of carboxylic acid groups (broad SMARTS) is 3. The largest absolute Gasteiger partial charge is 0.480 e. The number of carboxylic acids is 3. The molecule has 0 unspecified atom stereocenters. The van der Waals surface area contributed by atoms with Gasteiger partial charge >= 0.3 is 25.0 Å². The van der Waals surface area contributed by atoms with Gasteiger partial charge in [-0.3, -0.25) is 62.9 Å². The number of nitrogens with zero attached hydrogens (tertiary/aromatic N) is 8. The van der Waals surface area contributed by atoms with Crippen molar-refractivity contribution in [3.63, 3.8) is 0 Å². The molecule has 2 aromatic rings. The maximum Gasteiger partial charge on any atom is 0.475 e. The standard InChI is InChI=1S/C49H77BN12O14/c1-33(47(73)62-28-34(63)27-40(62)50(75)76)54-46(72)38-15-14-37(35-11-6-7-12-36(35)38)45(71)52-16-8-5-9-18-57(4)48(74)39(13-10-17-53-49(51)56(2)3)55-41(64)29-58-19-21-59(30-42(65)66)23-25-61(32-44(69)70)26-24-60(22-20-58)31-43(67)68/h6-7,11-12,14-15,33-34,39-40,63,75-76H,5,8-10,13,16-32H2,1-4H3,(H2,51,53)(H,52,71)(H,54,72)(H,55,64)(H,65,66)(H,67,68)(H,69,70)/t33-,34+,39+,40+/m1/s1. The summed E-state index contributed by atoms with van der Waals surface area (Å²) in [5.41, 5.74) is 6.51. The Morgan fingerprint density at radius 3 is 1.70 bits per heavy atom. The molecule has 4 atom stereocenters. The van der Waals surface area contributed by atoms with Crippen LogP contribution in [0.15, 0.2) is 41.4 Å². The molecule has 26 nitrogen and oxygen atoms in total. The van der Waals surface area contributed by atoms with Crippen LogP contribution in [0.3, 0.4) is 0 Å². The lowest BCUT2D eigenvalue weighted by Crippen LogP contribution is -2.52. The first-order chi connectivity index (χ1) is 36.0. The smallest absolute Gasteiger partial charge is 0.475 e. The number of carbonyl (C=O) groups excluding carboxylic acids is 5. The number of rotatable bonds is 25. The van der Waals surface area contributed by atoms with Crippen LogP contribution < -0.4 is 21.7 Å². The molecule has 2 aromatic carbocycles. The van der Waals surface area contributed by atoms with Crippen LogP contribution >= 0.6 is 0 Å². The molecule has 5 amide bonds. The molecule has 2 aliphatic rings. The predicted molar refractivity (Wildman–Crippen MR) is 281 cm³/mol. The zero-order chi connectivity index (χ0) is 56.1. The van der Waals surface area contributed by atoms with E-state index in [1.807, 2.05) is 0 Å². The van der Waals surface area contributed by atoms with Crippen molar-refractivity contribution in [3.05, 3.63) is 47.5 Å². The summed E-state index contributed by atoms with van der Waals surface area (Å²) in [7, 11) is 3.27. The van der Waals surface area contributed by atoms with Crippen LogP contribution in [0.1, 0.15) is 66.2 Å². The van der Waals surface area contributed by atoms with Gasteiger partial charge < -0.3 is 66.9 Å². The molecular weight excluding hydrogens is 991 g/mol.